The maximum absolute atomic E-state index is 12.0. The molecule has 1 saturated carbocycles. The second-order valence-electron chi connectivity index (χ2n) is 7.23. The van der Waals surface area contributed by atoms with Crippen molar-refractivity contribution in [1.29, 1.82) is 0 Å². The fourth-order valence-corrected chi connectivity index (χ4v) is 3.69. The molecule has 1 rings (SSSR count). The molecule has 0 aliphatic heterocycles. The number of rotatable bonds is 11. The Morgan fingerprint density at radius 3 is 2.23 bits per heavy atom. The molecule has 0 aromatic rings. The molecule has 1 amide bonds. The van der Waals surface area contributed by atoms with E-state index in [0.717, 1.165) is 25.7 Å². The van der Waals surface area contributed by atoms with Crippen LogP contribution in [0.2, 0.25) is 0 Å². The van der Waals surface area contributed by atoms with Crippen LogP contribution in [-0.4, -0.2) is 18.2 Å². The molecule has 0 unspecified atom stereocenters. The van der Waals surface area contributed by atoms with Gasteiger partial charge in [-0.3, -0.25) is 4.79 Å². The van der Waals surface area contributed by atoms with Crippen molar-refractivity contribution in [2.24, 2.45) is 5.41 Å². The van der Waals surface area contributed by atoms with Gasteiger partial charge in [-0.05, 0) is 31.6 Å². The highest BCUT2D eigenvalue weighted by Gasteiger charge is 2.33. The van der Waals surface area contributed by atoms with Crippen LogP contribution < -0.4 is 5.32 Å². The van der Waals surface area contributed by atoms with Gasteiger partial charge in [-0.2, -0.15) is 0 Å². The van der Waals surface area contributed by atoms with Gasteiger partial charge >= 0.3 is 0 Å². The normalized spacial score (nSPS) is 17.2. The van der Waals surface area contributed by atoms with Gasteiger partial charge in [0.2, 0.25) is 5.91 Å². The highest BCUT2D eigenvalue weighted by molar-refractivity contribution is 5.77. The molecule has 22 heavy (non-hydrogen) atoms. The Labute approximate surface area is 136 Å². The summed E-state index contributed by atoms with van der Waals surface area (Å²) in [6, 6.07) is 0. The predicted octanol–water partition coefficient (Wildman–Crippen LogP) is 4.78. The van der Waals surface area contributed by atoms with Crippen LogP contribution in [0.5, 0.6) is 0 Å². The van der Waals surface area contributed by atoms with Crippen LogP contribution in [0.1, 0.15) is 97.3 Å². The van der Waals surface area contributed by atoms with Crippen LogP contribution >= 0.6 is 0 Å². The highest BCUT2D eigenvalue weighted by Crippen LogP contribution is 2.39. The van der Waals surface area contributed by atoms with E-state index in [2.05, 4.69) is 12.2 Å². The smallest absolute Gasteiger partial charge is 0.220 e. The molecule has 0 radical (unpaired) electrons. The highest BCUT2D eigenvalue weighted by atomic mass is 16.1. The molecule has 0 aromatic heterocycles. The van der Waals surface area contributed by atoms with Crippen LogP contribution in [0.15, 0.2) is 0 Å². The van der Waals surface area contributed by atoms with E-state index in [4.69, 9.17) is 0 Å². The second-order valence-corrected chi connectivity index (χ2v) is 7.23. The number of unbranched alkanes of at least 4 members (excludes halogenated alkanes) is 5. The molecule has 0 bridgehead atoms. The first-order valence-corrected chi connectivity index (χ1v) is 9.34. The van der Waals surface area contributed by atoms with E-state index in [9.17, 15) is 9.59 Å². The van der Waals surface area contributed by atoms with Crippen molar-refractivity contribution in [3.05, 3.63) is 0 Å². The average molecular weight is 309 g/mol. The summed E-state index contributed by atoms with van der Waals surface area (Å²) in [5.41, 5.74) is 0.0425. The van der Waals surface area contributed by atoms with Gasteiger partial charge in [0.1, 0.15) is 5.78 Å². The third kappa shape index (κ3) is 7.95. The summed E-state index contributed by atoms with van der Waals surface area (Å²) in [6.07, 6.45) is 14.4. The molecule has 3 nitrogen and oxygen atoms in total. The number of nitrogens with one attached hydrogen (secondary N) is 1. The summed E-state index contributed by atoms with van der Waals surface area (Å²) < 4.78 is 0. The van der Waals surface area contributed by atoms with Gasteiger partial charge in [0.05, 0.1) is 0 Å². The first kappa shape index (κ1) is 19.2. The van der Waals surface area contributed by atoms with Crippen LogP contribution in [0, 0.1) is 5.41 Å². The van der Waals surface area contributed by atoms with E-state index in [1.165, 1.54) is 44.9 Å². The number of carbonyl (C=O) groups excluding carboxylic acids is 2. The summed E-state index contributed by atoms with van der Waals surface area (Å²) in [7, 11) is 0. The van der Waals surface area contributed by atoms with Crippen LogP contribution in [0.4, 0.5) is 0 Å². The van der Waals surface area contributed by atoms with Gasteiger partial charge in [-0.15, -0.1) is 0 Å². The zero-order valence-electron chi connectivity index (χ0n) is 14.7. The number of carbonyl (C=O) groups is 2. The van der Waals surface area contributed by atoms with E-state index >= 15 is 0 Å². The van der Waals surface area contributed by atoms with E-state index in [-0.39, 0.29) is 17.1 Å². The molecule has 3 heteroatoms. The number of hydrogen-bond donors (Lipinski definition) is 1. The van der Waals surface area contributed by atoms with Gasteiger partial charge in [-0.1, -0.05) is 58.3 Å². The van der Waals surface area contributed by atoms with Gasteiger partial charge in [0.25, 0.3) is 0 Å². The Bertz CT molecular complexity index is 332. The molecule has 1 fully saturated rings. The lowest BCUT2D eigenvalue weighted by Crippen LogP contribution is -2.40. The molecule has 1 aliphatic carbocycles. The first-order valence-electron chi connectivity index (χ1n) is 9.34. The van der Waals surface area contributed by atoms with Gasteiger partial charge in [-0.25, -0.2) is 0 Å². The maximum atomic E-state index is 12.0. The first-order chi connectivity index (χ1) is 10.6. The van der Waals surface area contributed by atoms with Crippen molar-refractivity contribution in [2.75, 3.05) is 6.54 Å². The van der Waals surface area contributed by atoms with E-state index in [0.29, 0.717) is 19.4 Å². The van der Waals surface area contributed by atoms with Crippen molar-refractivity contribution >= 4 is 11.7 Å². The molecule has 0 spiro atoms. The lowest BCUT2D eigenvalue weighted by atomic mass is 9.71. The third-order valence-corrected chi connectivity index (χ3v) is 4.96. The second kappa shape index (κ2) is 10.8. The molecule has 128 valence electrons. The van der Waals surface area contributed by atoms with E-state index in [1.54, 1.807) is 6.92 Å². The summed E-state index contributed by atoms with van der Waals surface area (Å²) >= 11 is 0. The monoisotopic (exact) mass is 309 g/mol. The lowest BCUT2D eigenvalue weighted by Gasteiger charge is -2.36. The molecule has 1 N–H and O–H groups in total. The number of Topliss-reactive ketones (excluding diaryl/α,β-unsaturated/α-hetero) is 1. The Hall–Kier alpha value is -0.860. The largest absolute Gasteiger partial charge is 0.356 e. The van der Waals surface area contributed by atoms with Crippen molar-refractivity contribution < 1.29 is 9.59 Å². The molecule has 0 atom stereocenters. The minimum Gasteiger partial charge on any atom is -0.356 e. The Morgan fingerprint density at radius 2 is 1.59 bits per heavy atom. The third-order valence-electron chi connectivity index (χ3n) is 4.96. The number of hydrogen-bond acceptors (Lipinski definition) is 2. The summed E-state index contributed by atoms with van der Waals surface area (Å²) in [5.74, 6) is 0.427. The van der Waals surface area contributed by atoms with Gasteiger partial charge < -0.3 is 10.1 Å². The minimum atomic E-state index is 0.0425. The molecule has 0 aromatic carbocycles. The minimum absolute atomic E-state index is 0.0425. The van der Waals surface area contributed by atoms with Crippen molar-refractivity contribution in [3.8, 4) is 0 Å². The van der Waals surface area contributed by atoms with Gasteiger partial charge in [0, 0.05) is 19.4 Å². The van der Waals surface area contributed by atoms with E-state index in [1.807, 2.05) is 0 Å². The summed E-state index contributed by atoms with van der Waals surface area (Å²) in [5, 5.41) is 3.11. The van der Waals surface area contributed by atoms with Crippen LogP contribution in [0.25, 0.3) is 0 Å². The summed E-state index contributed by atoms with van der Waals surface area (Å²) in [6.45, 7) is 4.59. The zero-order valence-corrected chi connectivity index (χ0v) is 14.7. The quantitative estimate of drug-likeness (QED) is 0.558. The Balaban J connectivity index is 2.23. The number of amides is 1. The molecular formula is C19H35NO2. The molecule has 1 aliphatic rings. The topological polar surface area (TPSA) is 46.2 Å². The Kier molecular flexibility index (Phi) is 9.42. The van der Waals surface area contributed by atoms with Gasteiger partial charge in [0.15, 0.2) is 0 Å². The van der Waals surface area contributed by atoms with Crippen molar-refractivity contribution in [2.45, 2.75) is 97.3 Å². The van der Waals surface area contributed by atoms with E-state index < -0.39 is 0 Å². The van der Waals surface area contributed by atoms with Crippen LogP contribution in [0.3, 0.4) is 0 Å². The fraction of sp³-hybridized carbons (Fsp3) is 0.895. The number of ketones is 1. The summed E-state index contributed by atoms with van der Waals surface area (Å²) in [4.78, 5) is 23.6. The Morgan fingerprint density at radius 1 is 0.955 bits per heavy atom. The molecule has 0 heterocycles. The average Bonchev–Trinajstić information content (AvgIpc) is 2.49. The molecule has 0 saturated heterocycles. The SMILES string of the molecule is CCCCCCCCC(=O)NCC1(CC(C)=O)CCCCC1. The van der Waals surface area contributed by atoms with Crippen LogP contribution in [-0.2, 0) is 9.59 Å². The fourth-order valence-electron chi connectivity index (χ4n) is 3.69. The maximum Gasteiger partial charge on any atom is 0.220 e. The zero-order chi connectivity index (χ0) is 16.3. The van der Waals surface area contributed by atoms with Crippen molar-refractivity contribution in [1.82, 2.24) is 5.32 Å². The van der Waals surface area contributed by atoms with Crippen molar-refractivity contribution in [3.63, 3.8) is 0 Å². The standard InChI is InChI=1S/C19H35NO2/c1-3-4-5-6-7-9-12-18(22)20-16-19(15-17(2)21)13-10-8-11-14-19/h3-16H2,1-2H3,(H,20,22). The predicted molar refractivity (Wildman–Crippen MR) is 91.8 cm³/mol. The molecular weight excluding hydrogens is 274 g/mol. The lowest BCUT2D eigenvalue weighted by molar-refractivity contribution is -0.124.